The van der Waals surface area contributed by atoms with E-state index in [4.69, 9.17) is 14.2 Å². The summed E-state index contributed by atoms with van der Waals surface area (Å²) in [6.07, 6.45) is 67.9. The lowest BCUT2D eigenvalue weighted by molar-refractivity contribution is -0.166. The molecule has 0 N–H and O–H groups in total. The van der Waals surface area contributed by atoms with E-state index in [1.165, 1.54) is 148 Å². The van der Waals surface area contributed by atoms with Crippen molar-refractivity contribution in [3.63, 3.8) is 0 Å². The van der Waals surface area contributed by atoms with E-state index in [9.17, 15) is 14.4 Å². The summed E-state index contributed by atoms with van der Waals surface area (Å²) in [5.41, 5.74) is 0. The fourth-order valence-electron chi connectivity index (χ4n) is 7.70. The van der Waals surface area contributed by atoms with Crippen molar-refractivity contribution in [2.75, 3.05) is 13.2 Å². The van der Waals surface area contributed by atoms with Crippen molar-refractivity contribution in [3.8, 4) is 0 Å². The van der Waals surface area contributed by atoms with E-state index >= 15 is 0 Å². The summed E-state index contributed by atoms with van der Waals surface area (Å²) in [7, 11) is 0. The third-order valence-electron chi connectivity index (χ3n) is 11.7. The predicted molar refractivity (Wildman–Crippen MR) is 279 cm³/mol. The summed E-state index contributed by atoms with van der Waals surface area (Å²) in [6, 6.07) is 0. The largest absolute Gasteiger partial charge is 0.462 e. The Bertz CT molecular complexity index is 1230. The Hall–Kier alpha value is -3.15. The van der Waals surface area contributed by atoms with E-state index in [1.807, 2.05) is 6.08 Å². The normalized spacial score (nSPS) is 12.6. The first-order valence-electron chi connectivity index (χ1n) is 27.4. The van der Waals surface area contributed by atoms with Crippen LogP contribution < -0.4 is 0 Å². The highest BCUT2D eigenvalue weighted by Gasteiger charge is 2.19. The van der Waals surface area contributed by atoms with Gasteiger partial charge in [0.1, 0.15) is 13.2 Å². The van der Waals surface area contributed by atoms with Gasteiger partial charge < -0.3 is 14.2 Å². The minimum absolute atomic E-state index is 0.103. The number of allylic oxidation sites excluding steroid dienone is 11. The number of rotatable bonds is 49. The number of carbonyl (C=O) groups is 3. The van der Waals surface area contributed by atoms with Crippen LogP contribution in [0.1, 0.15) is 265 Å². The third kappa shape index (κ3) is 51.7. The van der Waals surface area contributed by atoms with E-state index in [1.54, 1.807) is 6.08 Å². The first kappa shape index (κ1) is 61.9. The average molecular weight is 907 g/mol. The van der Waals surface area contributed by atoms with Crippen molar-refractivity contribution in [3.05, 3.63) is 72.9 Å². The second-order valence-corrected chi connectivity index (χ2v) is 18.1. The fraction of sp³-hybridized carbons (Fsp3) is 0.746. The number of hydrogen-bond acceptors (Lipinski definition) is 6. The molecule has 0 aromatic heterocycles. The lowest BCUT2D eigenvalue weighted by Crippen LogP contribution is -2.30. The molecule has 0 saturated heterocycles. The lowest BCUT2D eigenvalue weighted by Gasteiger charge is -2.18. The zero-order valence-corrected chi connectivity index (χ0v) is 42.7. The molecule has 0 aromatic rings. The van der Waals surface area contributed by atoms with Crippen LogP contribution in [0.4, 0.5) is 0 Å². The van der Waals surface area contributed by atoms with Crippen LogP contribution in [0.5, 0.6) is 0 Å². The highest BCUT2D eigenvalue weighted by atomic mass is 16.6. The van der Waals surface area contributed by atoms with Crippen LogP contribution in [-0.4, -0.2) is 37.2 Å². The van der Waals surface area contributed by atoms with Crippen LogP contribution in [0.3, 0.4) is 0 Å². The average Bonchev–Trinajstić information content (AvgIpc) is 3.30. The van der Waals surface area contributed by atoms with Crippen molar-refractivity contribution in [1.82, 2.24) is 0 Å². The van der Waals surface area contributed by atoms with Crippen LogP contribution >= 0.6 is 0 Å². The minimum Gasteiger partial charge on any atom is -0.462 e. The smallest absolute Gasteiger partial charge is 0.309 e. The van der Waals surface area contributed by atoms with Crippen LogP contribution in [-0.2, 0) is 28.6 Å². The molecule has 0 amide bonds. The van der Waals surface area contributed by atoms with Gasteiger partial charge in [-0.05, 0) is 64.2 Å². The summed E-state index contributed by atoms with van der Waals surface area (Å²) < 4.78 is 16.7. The molecule has 0 aliphatic rings. The van der Waals surface area contributed by atoms with Gasteiger partial charge in [0.25, 0.3) is 0 Å². The predicted octanol–water partition coefficient (Wildman–Crippen LogP) is 18.2. The molecule has 0 radical (unpaired) electrons. The summed E-state index contributed by atoms with van der Waals surface area (Å²) in [5.74, 6) is -1.03. The second-order valence-electron chi connectivity index (χ2n) is 18.1. The van der Waals surface area contributed by atoms with Crippen molar-refractivity contribution in [2.45, 2.75) is 271 Å². The topological polar surface area (TPSA) is 78.9 Å². The molecule has 6 nitrogen and oxygen atoms in total. The Labute approximate surface area is 402 Å². The Balaban J connectivity index is 4.30. The molecule has 0 aromatic carbocycles. The number of carbonyl (C=O) groups excluding carboxylic acids is 3. The molecule has 374 valence electrons. The molecular weight excluding hydrogens is 805 g/mol. The van der Waals surface area contributed by atoms with Crippen LogP contribution in [0.15, 0.2) is 72.9 Å². The van der Waals surface area contributed by atoms with Crippen molar-refractivity contribution < 1.29 is 28.6 Å². The monoisotopic (exact) mass is 907 g/mol. The van der Waals surface area contributed by atoms with Crippen LogP contribution in [0.25, 0.3) is 0 Å². The molecule has 0 rings (SSSR count). The van der Waals surface area contributed by atoms with Crippen molar-refractivity contribution in [2.24, 2.45) is 0 Å². The van der Waals surface area contributed by atoms with Crippen molar-refractivity contribution >= 4 is 17.9 Å². The van der Waals surface area contributed by atoms with Gasteiger partial charge in [0.2, 0.25) is 0 Å². The summed E-state index contributed by atoms with van der Waals surface area (Å²) in [5, 5.41) is 0. The zero-order valence-electron chi connectivity index (χ0n) is 42.7. The number of ether oxygens (including phenoxy) is 3. The molecule has 0 aliphatic carbocycles. The molecule has 65 heavy (non-hydrogen) atoms. The van der Waals surface area contributed by atoms with Gasteiger partial charge in [0.15, 0.2) is 6.10 Å². The van der Waals surface area contributed by atoms with Gasteiger partial charge in [-0.2, -0.15) is 0 Å². The first-order chi connectivity index (χ1) is 32.0. The van der Waals surface area contributed by atoms with Gasteiger partial charge in [-0.15, -0.1) is 0 Å². The molecule has 1 atom stereocenters. The summed E-state index contributed by atoms with van der Waals surface area (Å²) in [6.45, 7) is 6.33. The fourth-order valence-corrected chi connectivity index (χ4v) is 7.70. The second kappa shape index (κ2) is 53.5. The summed E-state index contributed by atoms with van der Waals surface area (Å²) in [4.78, 5) is 37.9. The highest BCUT2D eigenvalue weighted by molar-refractivity contribution is 5.72. The maximum absolute atomic E-state index is 12.8. The highest BCUT2D eigenvalue weighted by Crippen LogP contribution is 2.16. The number of unbranched alkanes of at least 4 members (excludes halogenated alkanes) is 27. The van der Waals surface area contributed by atoms with E-state index in [-0.39, 0.29) is 31.6 Å². The Morgan fingerprint density at radius 3 is 1.08 bits per heavy atom. The van der Waals surface area contributed by atoms with Gasteiger partial charge in [-0.3, -0.25) is 14.4 Å². The molecule has 0 bridgehead atoms. The molecule has 0 aliphatic heterocycles. The van der Waals surface area contributed by atoms with Gasteiger partial charge in [-0.25, -0.2) is 0 Å². The quantitative estimate of drug-likeness (QED) is 0.0262. The Morgan fingerprint density at radius 1 is 0.338 bits per heavy atom. The molecular formula is C59H102O6. The third-order valence-corrected chi connectivity index (χ3v) is 11.7. The standard InChI is InChI=1S/C59H102O6/c1-4-7-10-13-16-19-21-23-25-27-29-31-33-35-37-40-43-46-49-52-58(61)64-55-56(54-63-57(60)51-48-45-42-39-18-15-12-9-6-3)65-59(62)53-50-47-44-41-38-36-34-32-30-28-26-24-22-20-17-14-11-8-5-2/h7,9-10,12,16,18-19,23,25,39,45,48,56H,4-6,8,11,13-15,17,20-22,24,26-38,40-44,46-47,49-55H2,1-3H3/b10-7-,12-9-,19-16-,25-23-,39-18-,48-45-. The maximum atomic E-state index is 12.8. The van der Waals surface area contributed by atoms with Gasteiger partial charge in [0, 0.05) is 12.8 Å². The van der Waals surface area contributed by atoms with Crippen LogP contribution in [0, 0.1) is 0 Å². The van der Waals surface area contributed by atoms with Crippen LogP contribution in [0.2, 0.25) is 0 Å². The van der Waals surface area contributed by atoms with Gasteiger partial charge >= 0.3 is 17.9 Å². The van der Waals surface area contributed by atoms with Gasteiger partial charge in [-0.1, -0.05) is 254 Å². The first-order valence-corrected chi connectivity index (χ1v) is 27.4. The van der Waals surface area contributed by atoms with Gasteiger partial charge in [0.05, 0.1) is 6.42 Å². The molecule has 0 fully saturated rings. The molecule has 1 unspecified atom stereocenters. The molecule has 6 heteroatoms. The van der Waals surface area contributed by atoms with E-state index < -0.39 is 12.1 Å². The summed E-state index contributed by atoms with van der Waals surface area (Å²) >= 11 is 0. The number of hydrogen-bond donors (Lipinski definition) is 0. The Kier molecular flexibility index (Phi) is 50.9. The molecule has 0 spiro atoms. The zero-order chi connectivity index (χ0) is 47.2. The maximum Gasteiger partial charge on any atom is 0.309 e. The van der Waals surface area contributed by atoms with E-state index in [0.29, 0.717) is 12.8 Å². The molecule has 0 saturated carbocycles. The lowest BCUT2D eigenvalue weighted by atomic mass is 10.0. The van der Waals surface area contributed by atoms with E-state index in [2.05, 4.69) is 81.5 Å². The Morgan fingerprint density at radius 2 is 0.662 bits per heavy atom. The molecule has 0 heterocycles. The minimum atomic E-state index is -0.810. The SMILES string of the molecule is CC/C=C\C/C=C\C/C=C\CCCCCCCCCCCC(=O)OCC(COC(=O)C/C=C\C/C=C\C/C=C\CC)OC(=O)CCCCCCCCCCCCCCCCCCCCC. The van der Waals surface area contributed by atoms with E-state index in [0.717, 1.165) is 77.0 Å². The number of esters is 3. The van der Waals surface area contributed by atoms with Crippen molar-refractivity contribution in [1.29, 1.82) is 0 Å².